The van der Waals surface area contributed by atoms with Gasteiger partial charge >= 0.3 is 33.6 Å². The molecule has 0 heterocycles. The number of phosphoric acid groups is 2. The molecule has 0 aliphatic carbocycles. The highest BCUT2D eigenvalue weighted by Crippen LogP contribution is 2.45. The lowest BCUT2D eigenvalue weighted by atomic mass is 10.0. The third-order valence-corrected chi connectivity index (χ3v) is 24.2. The number of allylic oxidation sites excluding steroid dienone is 32. The number of aliphatic hydroxyl groups is 2. The Kier molecular flexibility index (Phi) is 98.9. The molecule has 5 atom stereocenters. The Labute approximate surface area is 801 Å². The van der Waals surface area contributed by atoms with Crippen LogP contribution in [0.1, 0.15) is 445 Å². The third kappa shape index (κ3) is 105. The number of esters is 3. The predicted molar refractivity (Wildman–Crippen MR) is 555 cm³/mol. The highest BCUT2D eigenvalue weighted by atomic mass is 31.2. The van der Waals surface area contributed by atoms with Gasteiger partial charge in [-0.05, 0) is 161 Å². The van der Waals surface area contributed by atoms with E-state index in [1.165, 1.54) is 212 Å². The zero-order chi connectivity index (χ0) is 95.0. The number of carbonyl (C=O) groups is 3. The van der Waals surface area contributed by atoms with Crippen LogP contribution in [0.25, 0.3) is 0 Å². The van der Waals surface area contributed by atoms with Gasteiger partial charge in [-0.25, -0.2) is 9.13 Å². The van der Waals surface area contributed by atoms with Gasteiger partial charge in [0.2, 0.25) is 0 Å². The zero-order valence-electron chi connectivity index (χ0n) is 83.2. The molecule has 5 unspecified atom stereocenters. The van der Waals surface area contributed by atoms with Gasteiger partial charge in [-0.15, -0.1) is 0 Å². The van der Waals surface area contributed by atoms with E-state index in [4.69, 9.17) is 32.3 Å². The first-order valence-electron chi connectivity index (χ1n) is 52.7. The van der Waals surface area contributed by atoms with Crippen LogP contribution in [0.5, 0.6) is 0 Å². The Morgan fingerprint density at radius 3 is 0.603 bits per heavy atom. The number of aliphatic hydroxyl groups excluding tert-OH is 2. The van der Waals surface area contributed by atoms with Crippen molar-refractivity contribution in [3.8, 4) is 0 Å². The summed E-state index contributed by atoms with van der Waals surface area (Å²) in [5.41, 5.74) is 0. The predicted octanol–water partition coefficient (Wildman–Crippen LogP) is 33.7. The molecule has 16 nitrogen and oxygen atoms in total. The Bertz CT molecular complexity index is 3160. The van der Waals surface area contributed by atoms with Gasteiger partial charge in [0.25, 0.3) is 0 Å². The van der Waals surface area contributed by atoms with Crippen LogP contribution < -0.4 is 0 Å². The minimum atomic E-state index is -4.95. The molecule has 18 heteroatoms. The molecule has 0 aliphatic heterocycles. The molecule has 0 saturated heterocycles. The van der Waals surface area contributed by atoms with Gasteiger partial charge in [0.1, 0.15) is 25.4 Å². The molecule has 0 bridgehead atoms. The summed E-state index contributed by atoms with van der Waals surface area (Å²) in [5, 5.41) is 20.8. The summed E-state index contributed by atoms with van der Waals surface area (Å²) in [6, 6.07) is 0. The Morgan fingerprint density at radius 1 is 0.214 bits per heavy atom. The first-order valence-corrected chi connectivity index (χ1v) is 55.7. The monoisotopic (exact) mass is 1870 g/mol. The van der Waals surface area contributed by atoms with Crippen LogP contribution in [0, 0.1) is 0 Å². The summed E-state index contributed by atoms with van der Waals surface area (Å²) in [5.74, 6) is -1.57. The number of unbranched alkanes of at least 4 members (excludes halogenated alkanes) is 44. The van der Waals surface area contributed by atoms with Gasteiger partial charge in [0.05, 0.1) is 26.4 Å². The quantitative estimate of drug-likeness (QED) is 0.0146. The maximum atomic E-state index is 13.1. The maximum absolute atomic E-state index is 13.1. The molecule has 0 amide bonds. The average molecular weight is 1870 g/mol. The zero-order valence-corrected chi connectivity index (χ0v) is 85.0. The van der Waals surface area contributed by atoms with Crippen LogP contribution in [-0.4, -0.2) is 95.9 Å². The second-order valence-corrected chi connectivity index (χ2v) is 37.8. The topological polar surface area (TPSA) is 231 Å². The fraction of sp³-hybridized carbons (Fsp3) is 0.690. The molecule has 0 rings (SSSR count). The second kappa shape index (κ2) is 103. The van der Waals surface area contributed by atoms with Gasteiger partial charge < -0.3 is 34.2 Å². The van der Waals surface area contributed by atoms with Gasteiger partial charge in [0.15, 0.2) is 6.10 Å². The smallest absolute Gasteiger partial charge is 0.463 e. The highest BCUT2D eigenvalue weighted by molar-refractivity contribution is 7.47. The van der Waals surface area contributed by atoms with E-state index >= 15 is 0 Å². The van der Waals surface area contributed by atoms with Crippen molar-refractivity contribution in [2.45, 2.75) is 463 Å². The molecular weight excluding hydrogens is 1680 g/mol. The van der Waals surface area contributed by atoms with Crippen LogP contribution in [0.4, 0.5) is 0 Å². The van der Waals surface area contributed by atoms with Crippen LogP contribution in [0.15, 0.2) is 194 Å². The number of hydrogen-bond acceptors (Lipinski definition) is 14. The molecule has 0 aromatic heterocycles. The van der Waals surface area contributed by atoms with Crippen molar-refractivity contribution >= 4 is 33.6 Å². The minimum Gasteiger partial charge on any atom is -0.463 e. The largest absolute Gasteiger partial charge is 0.472 e. The van der Waals surface area contributed by atoms with Crippen LogP contribution in [-0.2, 0) is 55.8 Å². The lowest BCUT2D eigenvalue weighted by Crippen LogP contribution is -2.30. The van der Waals surface area contributed by atoms with E-state index in [-0.39, 0.29) is 19.3 Å². The first kappa shape index (κ1) is 125. The van der Waals surface area contributed by atoms with Gasteiger partial charge in [-0.1, -0.05) is 459 Å². The van der Waals surface area contributed by atoms with Crippen molar-refractivity contribution in [1.29, 1.82) is 0 Å². The Hall–Kier alpha value is -5.61. The molecule has 4 N–H and O–H groups in total. The highest BCUT2D eigenvalue weighted by Gasteiger charge is 2.30. The van der Waals surface area contributed by atoms with Crippen LogP contribution >= 0.6 is 15.6 Å². The van der Waals surface area contributed by atoms with E-state index in [9.17, 15) is 43.5 Å². The van der Waals surface area contributed by atoms with Gasteiger partial charge in [0, 0.05) is 19.3 Å². The van der Waals surface area contributed by atoms with Gasteiger partial charge in [-0.2, -0.15) is 0 Å². The summed E-state index contributed by atoms with van der Waals surface area (Å²) >= 11 is 0. The number of phosphoric ester groups is 2. The van der Waals surface area contributed by atoms with E-state index < -0.39 is 91.5 Å². The average Bonchev–Trinajstić information content (AvgIpc) is 0.898. The molecule has 0 fully saturated rings. The van der Waals surface area contributed by atoms with Crippen molar-refractivity contribution in [2.24, 2.45) is 0 Å². The molecule has 0 saturated carbocycles. The number of ether oxygens (including phenoxy) is 3. The molecule has 131 heavy (non-hydrogen) atoms. The van der Waals surface area contributed by atoms with Crippen molar-refractivity contribution < 1.29 is 75.8 Å². The van der Waals surface area contributed by atoms with Crippen LogP contribution in [0.2, 0.25) is 0 Å². The number of rotatable bonds is 99. The van der Waals surface area contributed by atoms with Crippen molar-refractivity contribution in [2.75, 3.05) is 39.6 Å². The first-order chi connectivity index (χ1) is 64.2. The van der Waals surface area contributed by atoms with E-state index in [1.807, 2.05) is 0 Å². The van der Waals surface area contributed by atoms with Gasteiger partial charge in [-0.3, -0.25) is 32.5 Å². The summed E-state index contributed by atoms with van der Waals surface area (Å²) in [4.78, 5) is 59.3. The lowest BCUT2D eigenvalue weighted by molar-refractivity contribution is -0.161. The summed E-state index contributed by atoms with van der Waals surface area (Å²) in [6.07, 6.45) is 139. The van der Waals surface area contributed by atoms with Crippen molar-refractivity contribution in [1.82, 2.24) is 0 Å². The number of carbonyl (C=O) groups excluding carboxylic acids is 3. The molecule has 0 aromatic carbocycles. The van der Waals surface area contributed by atoms with Crippen molar-refractivity contribution in [3.63, 3.8) is 0 Å². The molecule has 0 spiro atoms. The molecule has 0 aromatic rings. The van der Waals surface area contributed by atoms with E-state index in [2.05, 4.69) is 215 Å². The summed E-state index contributed by atoms with van der Waals surface area (Å²) in [6.45, 7) is 2.41. The molecule has 0 aliphatic rings. The van der Waals surface area contributed by atoms with E-state index in [0.717, 1.165) is 173 Å². The normalized spacial score (nSPS) is 14.4. The number of hydrogen-bond donors (Lipinski definition) is 4. The van der Waals surface area contributed by atoms with E-state index in [0.29, 0.717) is 19.3 Å². The fourth-order valence-corrected chi connectivity index (χ4v) is 16.0. The third-order valence-electron chi connectivity index (χ3n) is 22.3. The minimum absolute atomic E-state index is 0.0942. The molecule has 0 radical (unpaired) electrons. The van der Waals surface area contributed by atoms with E-state index in [1.54, 1.807) is 0 Å². The Balaban J connectivity index is 4.57. The lowest BCUT2D eigenvalue weighted by Gasteiger charge is -2.21. The maximum Gasteiger partial charge on any atom is 0.472 e. The van der Waals surface area contributed by atoms with Crippen molar-refractivity contribution in [3.05, 3.63) is 194 Å². The van der Waals surface area contributed by atoms with Crippen LogP contribution in [0.3, 0.4) is 0 Å². The molecular formula is C113H192O16P2. The summed E-state index contributed by atoms with van der Waals surface area (Å²) in [7, 11) is -9.82. The molecule has 750 valence electrons. The fourth-order valence-electron chi connectivity index (χ4n) is 14.5. The SMILES string of the molecule is CC/C=C\C/C=C\C/C=C\C/C=C\C/C=C\C/C=C\CCCCCCCCCCCCCCCCCCC(=O)OCC(O)COP(=O)(O)OCC(O)COP(=O)(O)OCC(COC(=O)CCCCCCCCCCCCCCCCCCCCC/C=C\C/C=C\C/C=C\C/C=C\C/C=C\CC)OC(=O)CCCCCCCCCCC/C=C\C/C=C\C/C=C\C/C=C\C/C=C\CC. The summed E-state index contributed by atoms with van der Waals surface area (Å²) < 4.78 is 61.7. The second-order valence-electron chi connectivity index (χ2n) is 34.9. The standard InChI is InChI=1S/C113H192O16P2/c1-4-7-10-13-16-19-22-25-28-31-34-37-40-43-45-47-49-51-53-55-57-59-61-64-66-69-72-75-78-81-84-87-90-93-96-99-111(116)123-102-108(114)103-125-130(119,120)126-104-109(115)105-127-131(121,122)128-107-110(129-113(118)101-98-95-92-89-86-83-80-77-74-71-68-63-42-39-36-33-30-27-24-21-18-15-12-9-6-3)106-124-112(117)100-97-94-91-88-85-82-79-76-73-70-67-65-62-60-58-56-54-52-50-48-46-44-41-38-35-32-29-26-23-20-17-14-11-8-5-2/h7-12,16-21,25-30,34-39,43-46,49,51,63,68,108-110,114-115H,4-6,13-15,22-24,31-33,40-42,47-48,50,52-62,64-67,69-107H2,1-3H3,(H,119,120)(H,121,122)/b10-7-,11-8-,12-9-,19-16-,20-17-,21-18-,28-25-,29-26-,30-27-,37-34-,38-35-,39-36-,45-43-,46-44-,51-49-,68-63-. The Morgan fingerprint density at radius 2 is 0.382 bits per heavy atom.